The molecule has 0 N–H and O–H groups in total. The van der Waals surface area contributed by atoms with E-state index in [0.717, 1.165) is 12.0 Å². The number of carbonyl (C=O) groups excluding carboxylic acids is 1. The number of benzene rings is 2. The van der Waals surface area contributed by atoms with Crippen molar-refractivity contribution in [3.05, 3.63) is 65.7 Å². The maximum Gasteiger partial charge on any atom is 0.387 e. The molecule has 6 heteroatoms. The topological polar surface area (TPSA) is 38.8 Å². The Morgan fingerprint density at radius 2 is 2.00 bits per heavy atom. The van der Waals surface area contributed by atoms with Crippen LogP contribution >= 0.6 is 0 Å². The zero-order valence-corrected chi connectivity index (χ0v) is 13.6. The van der Waals surface area contributed by atoms with Crippen LogP contribution in [0.5, 0.6) is 5.75 Å². The molecule has 1 amide bonds. The number of ether oxygens (including phenoxy) is 2. The van der Waals surface area contributed by atoms with Crippen molar-refractivity contribution in [1.82, 2.24) is 4.90 Å². The fraction of sp³-hybridized carbons (Fsp3) is 0.316. The Bertz CT molecular complexity index is 709. The highest BCUT2D eigenvalue weighted by molar-refractivity contribution is 5.94. The number of hydrogen-bond acceptors (Lipinski definition) is 3. The minimum absolute atomic E-state index is 0.0186. The molecule has 0 aliphatic carbocycles. The van der Waals surface area contributed by atoms with Crippen molar-refractivity contribution < 1.29 is 23.0 Å². The van der Waals surface area contributed by atoms with E-state index in [0.29, 0.717) is 25.3 Å². The molecule has 0 bridgehead atoms. The van der Waals surface area contributed by atoms with Gasteiger partial charge in [-0.25, -0.2) is 0 Å². The Balaban J connectivity index is 1.65. The Labute approximate surface area is 145 Å². The van der Waals surface area contributed by atoms with Gasteiger partial charge in [0.25, 0.3) is 5.91 Å². The number of nitrogens with zero attached hydrogens (tertiary/aromatic N) is 1. The van der Waals surface area contributed by atoms with Crippen molar-refractivity contribution in [2.45, 2.75) is 19.1 Å². The van der Waals surface area contributed by atoms with Gasteiger partial charge in [-0.15, -0.1) is 0 Å². The van der Waals surface area contributed by atoms with Crippen molar-refractivity contribution >= 4 is 5.91 Å². The molecule has 1 saturated heterocycles. The van der Waals surface area contributed by atoms with Crippen molar-refractivity contribution in [3.8, 4) is 5.75 Å². The highest BCUT2D eigenvalue weighted by Crippen LogP contribution is 2.19. The van der Waals surface area contributed by atoms with E-state index < -0.39 is 6.61 Å². The number of alkyl halides is 2. The molecule has 1 aliphatic heterocycles. The number of morpholine rings is 1. The molecular formula is C19H19F2NO3. The molecule has 1 heterocycles. The molecule has 2 aromatic rings. The molecule has 25 heavy (non-hydrogen) atoms. The summed E-state index contributed by atoms with van der Waals surface area (Å²) in [6.07, 6.45) is 0.639. The monoisotopic (exact) mass is 347 g/mol. The van der Waals surface area contributed by atoms with Crippen molar-refractivity contribution in [1.29, 1.82) is 0 Å². The van der Waals surface area contributed by atoms with E-state index in [1.165, 1.54) is 18.2 Å². The summed E-state index contributed by atoms with van der Waals surface area (Å²) in [4.78, 5) is 14.4. The van der Waals surface area contributed by atoms with Crippen LogP contribution in [0.25, 0.3) is 0 Å². The molecule has 1 aliphatic rings. The highest BCUT2D eigenvalue weighted by atomic mass is 19.3. The van der Waals surface area contributed by atoms with Crippen LogP contribution in [0.4, 0.5) is 8.78 Å². The molecule has 3 rings (SSSR count). The molecule has 0 saturated carbocycles. The van der Waals surface area contributed by atoms with Gasteiger partial charge in [-0.2, -0.15) is 8.78 Å². The molecule has 132 valence electrons. The summed E-state index contributed by atoms with van der Waals surface area (Å²) in [7, 11) is 0. The van der Waals surface area contributed by atoms with Gasteiger partial charge in [-0.1, -0.05) is 36.4 Å². The first-order chi connectivity index (χ1) is 12.1. The zero-order valence-electron chi connectivity index (χ0n) is 13.6. The second-order valence-corrected chi connectivity index (χ2v) is 5.84. The smallest absolute Gasteiger partial charge is 0.387 e. The van der Waals surface area contributed by atoms with Gasteiger partial charge in [0.15, 0.2) is 0 Å². The number of halogens is 2. The average molecular weight is 347 g/mol. The van der Waals surface area contributed by atoms with Gasteiger partial charge in [0.05, 0.1) is 12.7 Å². The van der Waals surface area contributed by atoms with E-state index in [1.807, 2.05) is 30.3 Å². The molecule has 2 aromatic carbocycles. The van der Waals surface area contributed by atoms with Crippen LogP contribution in [-0.2, 0) is 11.2 Å². The molecule has 4 nitrogen and oxygen atoms in total. The average Bonchev–Trinajstić information content (AvgIpc) is 2.62. The third-order valence-corrected chi connectivity index (χ3v) is 4.04. The van der Waals surface area contributed by atoms with E-state index in [-0.39, 0.29) is 17.8 Å². The molecule has 0 radical (unpaired) electrons. The van der Waals surface area contributed by atoms with Crippen LogP contribution in [0, 0.1) is 0 Å². The second-order valence-electron chi connectivity index (χ2n) is 5.84. The lowest BCUT2D eigenvalue weighted by Gasteiger charge is -2.33. The van der Waals surface area contributed by atoms with Crippen LogP contribution in [0.1, 0.15) is 15.9 Å². The number of carbonyl (C=O) groups is 1. The van der Waals surface area contributed by atoms with Crippen LogP contribution < -0.4 is 4.74 Å². The molecule has 1 atom stereocenters. The summed E-state index contributed by atoms with van der Waals surface area (Å²) in [6.45, 7) is -1.52. The standard InChI is InChI=1S/C19H19F2NO3/c20-19(21)25-16-8-4-7-15(12-16)18(23)22-9-10-24-17(13-22)11-14-5-2-1-3-6-14/h1-8,12,17,19H,9-11,13H2. The first kappa shape index (κ1) is 17.4. The quantitative estimate of drug-likeness (QED) is 0.832. The Morgan fingerprint density at radius 3 is 2.76 bits per heavy atom. The fourth-order valence-electron chi connectivity index (χ4n) is 2.89. The first-order valence-corrected chi connectivity index (χ1v) is 8.11. The van der Waals surface area contributed by atoms with Gasteiger partial charge in [0.2, 0.25) is 0 Å². The van der Waals surface area contributed by atoms with Gasteiger partial charge < -0.3 is 14.4 Å². The molecule has 0 aromatic heterocycles. The van der Waals surface area contributed by atoms with E-state index in [4.69, 9.17) is 4.74 Å². The maximum atomic E-state index is 12.7. The summed E-state index contributed by atoms with van der Waals surface area (Å²) in [5, 5.41) is 0. The predicted molar refractivity (Wildman–Crippen MR) is 88.9 cm³/mol. The summed E-state index contributed by atoms with van der Waals surface area (Å²) < 4.78 is 34.8. The molecular weight excluding hydrogens is 328 g/mol. The zero-order chi connectivity index (χ0) is 17.6. The summed E-state index contributed by atoms with van der Waals surface area (Å²) in [6, 6.07) is 15.8. The van der Waals surface area contributed by atoms with Crippen molar-refractivity contribution in [3.63, 3.8) is 0 Å². The molecule has 1 unspecified atom stereocenters. The highest BCUT2D eigenvalue weighted by Gasteiger charge is 2.25. The lowest BCUT2D eigenvalue weighted by molar-refractivity contribution is -0.0499. The minimum Gasteiger partial charge on any atom is -0.435 e. The third-order valence-electron chi connectivity index (χ3n) is 4.04. The second kappa shape index (κ2) is 8.07. The Hall–Kier alpha value is -2.47. The van der Waals surface area contributed by atoms with Gasteiger partial charge in [-0.05, 0) is 23.8 Å². The minimum atomic E-state index is -2.91. The van der Waals surface area contributed by atoms with Crippen LogP contribution in [0.3, 0.4) is 0 Å². The molecule has 0 spiro atoms. The number of hydrogen-bond donors (Lipinski definition) is 0. The van der Waals surface area contributed by atoms with E-state index in [9.17, 15) is 13.6 Å². The maximum absolute atomic E-state index is 12.7. The normalized spacial score (nSPS) is 17.6. The van der Waals surface area contributed by atoms with E-state index >= 15 is 0 Å². The van der Waals surface area contributed by atoms with Gasteiger partial charge >= 0.3 is 6.61 Å². The summed E-state index contributed by atoms with van der Waals surface area (Å²) in [5.41, 5.74) is 1.48. The fourth-order valence-corrected chi connectivity index (χ4v) is 2.89. The lowest BCUT2D eigenvalue weighted by atomic mass is 10.1. The SMILES string of the molecule is O=C(c1cccc(OC(F)F)c1)N1CCOC(Cc2ccccc2)C1. The third kappa shape index (κ3) is 4.76. The van der Waals surface area contributed by atoms with Crippen molar-refractivity contribution in [2.24, 2.45) is 0 Å². The summed E-state index contributed by atoms with van der Waals surface area (Å²) in [5.74, 6) is -0.226. The lowest BCUT2D eigenvalue weighted by Crippen LogP contribution is -2.46. The number of rotatable bonds is 5. The Morgan fingerprint density at radius 1 is 1.20 bits per heavy atom. The van der Waals surface area contributed by atoms with Crippen LogP contribution in [-0.4, -0.2) is 43.2 Å². The van der Waals surface area contributed by atoms with Gasteiger partial charge in [0, 0.05) is 25.1 Å². The van der Waals surface area contributed by atoms with Gasteiger partial charge in [-0.3, -0.25) is 4.79 Å². The number of amides is 1. The molecule has 1 fully saturated rings. The van der Waals surface area contributed by atoms with Crippen LogP contribution in [0.2, 0.25) is 0 Å². The van der Waals surface area contributed by atoms with E-state index in [1.54, 1.807) is 11.0 Å². The van der Waals surface area contributed by atoms with E-state index in [2.05, 4.69) is 4.74 Å². The summed E-state index contributed by atoms with van der Waals surface area (Å²) >= 11 is 0. The predicted octanol–water partition coefficient (Wildman–Crippen LogP) is 3.37. The van der Waals surface area contributed by atoms with Gasteiger partial charge in [0.1, 0.15) is 5.75 Å². The largest absolute Gasteiger partial charge is 0.435 e. The van der Waals surface area contributed by atoms with Crippen molar-refractivity contribution in [2.75, 3.05) is 19.7 Å². The van der Waals surface area contributed by atoms with Crippen LogP contribution in [0.15, 0.2) is 54.6 Å². The first-order valence-electron chi connectivity index (χ1n) is 8.11. The Kier molecular flexibility index (Phi) is 5.60.